The number of para-hydroxylation sites is 1. The molecule has 1 aromatic carbocycles. The molecule has 3 atom stereocenters. The highest BCUT2D eigenvalue weighted by Crippen LogP contribution is 2.39. The van der Waals surface area contributed by atoms with Crippen LogP contribution in [-0.2, 0) is 34.8 Å². The zero-order chi connectivity index (χ0) is 23.1. The van der Waals surface area contributed by atoms with E-state index in [4.69, 9.17) is 9.47 Å². The lowest BCUT2D eigenvalue weighted by atomic mass is 10.3. The molecule has 1 unspecified atom stereocenters. The van der Waals surface area contributed by atoms with Gasteiger partial charge >= 0.3 is 5.97 Å². The number of terminal acetylenes is 1. The molecule has 1 aromatic rings. The summed E-state index contributed by atoms with van der Waals surface area (Å²) in [5.74, 6) is -0.550. The summed E-state index contributed by atoms with van der Waals surface area (Å²) in [7, 11) is -0.317. The van der Waals surface area contributed by atoms with Crippen LogP contribution in [0.1, 0.15) is 12.8 Å². The normalized spacial score (nSPS) is 17.4. The lowest BCUT2D eigenvalue weighted by Gasteiger charge is -2.12. The monoisotopic (exact) mass is 450 g/mol. The van der Waals surface area contributed by atoms with Gasteiger partial charge in [-0.3, -0.25) is 9.52 Å². The average molecular weight is 451 g/mol. The number of esters is 1. The summed E-state index contributed by atoms with van der Waals surface area (Å²) in [6.07, 6.45) is 11.2. The summed E-state index contributed by atoms with van der Waals surface area (Å²) in [5.41, 5.74) is 0.687. The van der Waals surface area contributed by atoms with Crippen LogP contribution in [0.2, 0.25) is 0 Å². The van der Waals surface area contributed by atoms with Gasteiger partial charge in [-0.25, -0.2) is 9.00 Å². The molecule has 1 aliphatic rings. The number of hydrogen-bond acceptors (Lipinski definition) is 7. The molecule has 1 amide bonds. The molecule has 0 aliphatic heterocycles. The van der Waals surface area contributed by atoms with E-state index in [0.717, 1.165) is 6.42 Å². The van der Waals surface area contributed by atoms with Gasteiger partial charge in [-0.2, -0.15) is 0 Å². The molecule has 1 saturated carbocycles. The maximum absolute atomic E-state index is 12.5. The van der Waals surface area contributed by atoms with E-state index in [1.807, 2.05) is 12.1 Å². The number of benzene rings is 1. The zero-order valence-corrected chi connectivity index (χ0v) is 18.5. The highest BCUT2D eigenvalue weighted by molar-refractivity contribution is 7.83. The Hall–Kier alpha value is -2.67. The van der Waals surface area contributed by atoms with Crippen molar-refractivity contribution in [2.45, 2.75) is 17.7 Å². The second-order valence-electron chi connectivity index (χ2n) is 6.49. The molecule has 2 N–H and O–H groups in total. The second-order valence-corrected chi connectivity index (χ2v) is 7.68. The summed E-state index contributed by atoms with van der Waals surface area (Å²) < 4.78 is 30.2. The van der Waals surface area contributed by atoms with Crippen molar-refractivity contribution >= 4 is 28.5 Å². The molecule has 0 radical (unpaired) electrons. The minimum absolute atomic E-state index is 0.0580. The first kappa shape index (κ1) is 26.4. The van der Waals surface area contributed by atoms with Crippen LogP contribution in [0.25, 0.3) is 0 Å². The van der Waals surface area contributed by atoms with E-state index in [9.17, 15) is 13.8 Å². The van der Waals surface area contributed by atoms with Gasteiger partial charge in [-0.1, -0.05) is 18.2 Å². The number of amides is 1. The Labute approximate surface area is 186 Å². The fraction of sp³-hybridized carbons (Fsp3) is 0.455. The number of anilines is 1. The van der Waals surface area contributed by atoms with Crippen LogP contribution >= 0.6 is 0 Å². The van der Waals surface area contributed by atoms with Crippen molar-refractivity contribution in [1.29, 1.82) is 0 Å². The molecule has 1 aliphatic carbocycles. The van der Waals surface area contributed by atoms with Crippen LogP contribution in [0.15, 0.2) is 41.8 Å². The number of rotatable bonds is 14. The summed E-state index contributed by atoms with van der Waals surface area (Å²) in [4.78, 5) is 23.5. The number of carbonyl (C=O) groups excluding carboxylic acids is 2. The molecule has 2 rings (SSSR count). The molecule has 9 heteroatoms. The van der Waals surface area contributed by atoms with Gasteiger partial charge in [0.25, 0.3) is 0 Å². The van der Waals surface area contributed by atoms with Crippen molar-refractivity contribution in [1.82, 2.24) is 4.72 Å². The van der Waals surface area contributed by atoms with E-state index in [1.54, 1.807) is 18.2 Å². The standard InChI is InChI=1S/C20H28N2O6S.C2H2/c1-3-15-13-16(15)20(24)22-29(25)18-8-5-4-7-17(18)21-9-12-27-10-6-11-28-14-19(23)26-2;1-2/h3-5,7-8,15-16,21H,1,6,9-14H2,2H3,(H,22,24);1-2H/t15-,16+,29?;/m1./s1. The lowest BCUT2D eigenvalue weighted by molar-refractivity contribution is -0.146. The summed E-state index contributed by atoms with van der Waals surface area (Å²) in [6, 6.07) is 7.14. The molecular weight excluding hydrogens is 420 g/mol. The molecule has 0 spiro atoms. The Kier molecular flexibility index (Phi) is 12.9. The van der Waals surface area contributed by atoms with E-state index in [0.29, 0.717) is 43.4 Å². The Morgan fingerprint density at radius 3 is 2.61 bits per heavy atom. The molecule has 0 aromatic heterocycles. The number of hydrogen-bond donors (Lipinski definition) is 2. The van der Waals surface area contributed by atoms with Gasteiger partial charge in [0.15, 0.2) is 11.0 Å². The molecule has 170 valence electrons. The zero-order valence-electron chi connectivity index (χ0n) is 17.7. The summed E-state index contributed by atoms with van der Waals surface area (Å²) in [6.45, 7) is 5.51. The van der Waals surface area contributed by atoms with Crippen LogP contribution in [0.5, 0.6) is 0 Å². The highest BCUT2D eigenvalue weighted by atomic mass is 32.2. The van der Waals surface area contributed by atoms with Gasteiger partial charge in [-0.15, -0.1) is 19.4 Å². The third-order valence-corrected chi connectivity index (χ3v) is 5.49. The Bertz CT molecular complexity index is 767. The van der Waals surface area contributed by atoms with Crippen LogP contribution in [0, 0.1) is 24.7 Å². The van der Waals surface area contributed by atoms with E-state index in [2.05, 4.69) is 34.2 Å². The predicted octanol–water partition coefficient (Wildman–Crippen LogP) is 1.91. The van der Waals surface area contributed by atoms with Gasteiger partial charge < -0.3 is 19.5 Å². The smallest absolute Gasteiger partial charge is 0.331 e. The van der Waals surface area contributed by atoms with Crippen LogP contribution < -0.4 is 10.0 Å². The largest absolute Gasteiger partial charge is 0.467 e. The molecule has 0 saturated heterocycles. The summed E-state index contributed by atoms with van der Waals surface area (Å²) in [5, 5.41) is 3.18. The second kappa shape index (κ2) is 15.2. The number of allylic oxidation sites excluding steroid dienone is 1. The van der Waals surface area contributed by atoms with Crippen molar-refractivity contribution in [2.24, 2.45) is 11.8 Å². The highest BCUT2D eigenvalue weighted by Gasteiger charge is 2.41. The Morgan fingerprint density at radius 1 is 1.23 bits per heavy atom. The molecule has 31 heavy (non-hydrogen) atoms. The number of carbonyl (C=O) groups is 2. The molecule has 0 bridgehead atoms. The lowest BCUT2D eigenvalue weighted by Crippen LogP contribution is -2.28. The fourth-order valence-electron chi connectivity index (χ4n) is 2.61. The molecule has 1 fully saturated rings. The van der Waals surface area contributed by atoms with Crippen molar-refractivity contribution in [3.05, 3.63) is 36.9 Å². The first-order valence-corrected chi connectivity index (χ1v) is 10.9. The van der Waals surface area contributed by atoms with Gasteiger partial charge in [0.05, 0.1) is 24.3 Å². The SMILES string of the molecule is C#C.C=C[C@@H]1C[C@@H]1C(=O)NS(=O)c1ccccc1NCCOCCCOCC(=O)OC. The van der Waals surface area contributed by atoms with E-state index < -0.39 is 17.0 Å². The van der Waals surface area contributed by atoms with Gasteiger partial charge in [-0.05, 0) is 30.9 Å². The topological polar surface area (TPSA) is 103 Å². The van der Waals surface area contributed by atoms with E-state index >= 15 is 0 Å². The maximum Gasteiger partial charge on any atom is 0.331 e. The predicted molar refractivity (Wildman–Crippen MR) is 119 cm³/mol. The first-order chi connectivity index (χ1) is 15.1. The van der Waals surface area contributed by atoms with Crippen molar-refractivity contribution in [2.75, 3.05) is 45.4 Å². The summed E-state index contributed by atoms with van der Waals surface area (Å²) >= 11 is 0. The average Bonchev–Trinajstić information content (AvgIpc) is 3.59. The van der Waals surface area contributed by atoms with Crippen LogP contribution in [0.4, 0.5) is 5.69 Å². The number of ether oxygens (including phenoxy) is 3. The molecule has 8 nitrogen and oxygen atoms in total. The number of methoxy groups -OCH3 is 1. The van der Waals surface area contributed by atoms with Gasteiger partial charge in [0.2, 0.25) is 5.91 Å². The fourth-order valence-corrected chi connectivity index (χ4v) is 3.60. The van der Waals surface area contributed by atoms with E-state index in [1.165, 1.54) is 7.11 Å². The van der Waals surface area contributed by atoms with Crippen LogP contribution in [0.3, 0.4) is 0 Å². The van der Waals surface area contributed by atoms with Gasteiger partial charge in [0, 0.05) is 25.7 Å². The maximum atomic E-state index is 12.5. The Morgan fingerprint density at radius 2 is 1.94 bits per heavy atom. The van der Waals surface area contributed by atoms with Crippen molar-refractivity contribution in [3.8, 4) is 12.8 Å². The third kappa shape index (κ3) is 9.79. The minimum atomic E-state index is -1.63. The minimum Gasteiger partial charge on any atom is -0.467 e. The Balaban J connectivity index is 0.00000233. The van der Waals surface area contributed by atoms with E-state index in [-0.39, 0.29) is 24.3 Å². The third-order valence-electron chi connectivity index (χ3n) is 4.35. The first-order valence-electron chi connectivity index (χ1n) is 9.80. The molecule has 0 heterocycles. The van der Waals surface area contributed by atoms with Crippen molar-refractivity contribution < 1.29 is 28.0 Å². The van der Waals surface area contributed by atoms with Crippen molar-refractivity contribution in [3.63, 3.8) is 0 Å². The quantitative estimate of drug-likeness (QED) is 0.193. The van der Waals surface area contributed by atoms with Gasteiger partial charge in [0.1, 0.15) is 6.61 Å². The molecular formula is C22H30N2O6S. The number of nitrogens with one attached hydrogen (secondary N) is 2. The van der Waals surface area contributed by atoms with Crippen LogP contribution in [-0.4, -0.2) is 56.2 Å².